The molecule has 0 radical (unpaired) electrons. The second-order valence-electron chi connectivity index (χ2n) is 5.33. The maximum Gasteiger partial charge on any atom is 0.0388 e. The molecule has 1 aliphatic rings. The van der Waals surface area contributed by atoms with Gasteiger partial charge < -0.3 is 5.32 Å². The lowest BCUT2D eigenvalue weighted by Crippen LogP contribution is -2.35. The topological polar surface area (TPSA) is 29.1 Å². The number of rotatable bonds is 8. The van der Waals surface area contributed by atoms with Gasteiger partial charge in [0.05, 0.1) is 0 Å². The van der Waals surface area contributed by atoms with Crippen LogP contribution in [0, 0.1) is 5.92 Å². The Morgan fingerprint density at radius 3 is 2.59 bits per heavy atom. The molecule has 4 atom stereocenters. The summed E-state index contributed by atoms with van der Waals surface area (Å²) < 4.78 is 12.2. The van der Waals surface area contributed by atoms with Crippen LogP contribution in [0.25, 0.3) is 0 Å². The molecule has 1 rings (SSSR count). The molecule has 4 unspecified atom stereocenters. The second kappa shape index (κ2) is 8.25. The average molecular weight is 259 g/mol. The van der Waals surface area contributed by atoms with Crippen LogP contribution >= 0.6 is 0 Å². The zero-order valence-corrected chi connectivity index (χ0v) is 12.5. The number of unbranched alkanes of at least 4 members (excludes halogenated alkanes) is 2. The maximum absolute atomic E-state index is 12.2. The van der Waals surface area contributed by atoms with Gasteiger partial charge in [0.25, 0.3) is 0 Å². The van der Waals surface area contributed by atoms with Crippen LogP contribution in [0.1, 0.15) is 59.3 Å². The highest BCUT2D eigenvalue weighted by Gasteiger charge is 2.35. The highest BCUT2D eigenvalue weighted by Crippen LogP contribution is 2.30. The second-order valence-corrected chi connectivity index (χ2v) is 7.10. The zero-order chi connectivity index (χ0) is 12.7. The van der Waals surface area contributed by atoms with Crippen molar-refractivity contribution in [1.29, 1.82) is 0 Å². The monoisotopic (exact) mass is 259 g/mol. The van der Waals surface area contributed by atoms with Crippen molar-refractivity contribution >= 4 is 10.8 Å². The Bertz CT molecular complexity index is 232. The summed E-state index contributed by atoms with van der Waals surface area (Å²) in [6.45, 7) is 7.78. The molecular weight excluding hydrogens is 230 g/mol. The van der Waals surface area contributed by atoms with E-state index in [0.29, 0.717) is 17.2 Å². The zero-order valence-electron chi connectivity index (χ0n) is 11.7. The minimum atomic E-state index is -0.593. The van der Waals surface area contributed by atoms with Gasteiger partial charge in [-0.05, 0) is 38.1 Å². The molecule has 102 valence electrons. The normalized spacial score (nSPS) is 30.6. The predicted octanol–water partition coefficient (Wildman–Crippen LogP) is 3.09. The minimum Gasteiger partial charge on any atom is -0.314 e. The van der Waals surface area contributed by atoms with Crippen LogP contribution < -0.4 is 5.32 Å². The van der Waals surface area contributed by atoms with Gasteiger partial charge in [-0.15, -0.1) is 0 Å². The largest absolute Gasteiger partial charge is 0.314 e. The molecule has 0 amide bonds. The molecule has 0 spiro atoms. The third-order valence-corrected chi connectivity index (χ3v) is 5.96. The van der Waals surface area contributed by atoms with Crippen molar-refractivity contribution in [2.45, 2.75) is 70.6 Å². The lowest BCUT2D eigenvalue weighted by atomic mass is 10.1. The van der Waals surface area contributed by atoms with E-state index >= 15 is 0 Å². The number of nitrogens with one attached hydrogen (secondary N) is 1. The lowest BCUT2D eigenvalue weighted by molar-refractivity contribution is 0.429. The molecule has 1 fully saturated rings. The van der Waals surface area contributed by atoms with Crippen molar-refractivity contribution in [3.05, 3.63) is 0 Å². The fourth-order valence-corrected chi connectivity index (χ4v) is 4.62. The highest BCUT2D eigenvalue weighted by molar-refractivity contribution is 7.85. The van der Waals surface area contributed by atoms with E-state index in [-0.39, 0.29) is 0 Å². The lowest BCUT2D eigenvalue weighted by Gasteiger charge is -2.21. The van der Waals surface area contributed by atoms with Gasteiger partial charge >= 0.3 is 0 Å². The molecular formula is C14H29NOS. The summed E-state index contributed by atoms with van der Waals surface area (Å²) in [5.41, 5.74) is 0. The van der Waals surface area contributed by atoms with Crippen LogP contribution in [0.5, 0.6) is 0 Å². The SMILES string of the molecule is CCCCCS(=O)C1CCC(NCCC)C1C. The molecule has 0 heterocycles. The van der Waals surface area contributed by atoms with Gasteiger partial charge in [-0.3, -0.25) is 4.21 Å². The Balaban J connectivity index is 2.32. The van der Waals surface area contributed by atoms with Gasteiger partial charge in [-0.2, -0.15) is 0 Å². The molecule has 0 aromatic carbocycles. The van der Waals surface area contributed by atoms with Gasteiger partial charge in [-0.25, -0.2) is 0 Å². The van der Waals surface area contributed by atoms with Crippen LogP contribution in [0.4, 0.5) is 0 Å². The highest BCUT2D eigenvalue weighted by atomic mass is 32.2. The van der Waals surface area contributed by atoms with E-state index in [1.54, 1.807) is 0 Å². The van der Waals surface area contributed by atoms with Crippen molar-refractivity contribution in [2.75, 3.05) is 12.3 Å². The molecule has 0 aromatic heterocycles. The Labute approximate surface area is 109 Å². The van der Waals surface area contributed by atoms with Gasteiger partial charge in [0.15, 0.2) is 0 Å². The molecule has 1 N–H and O–H groups in total. The standard InChI is InChI=1S/C14H29NOS/c1-4-6-7-11-17(16)14-9-8-13(12(14)3)15-10-5-2/h12-15H,4-11H2,1-3H3. The van der Waals surface area contributed by atoms with Crippen molar-refractivity contribution < 1.29 is 4.21 Å². The van der Waals surface area contributed by atoms with E-state index in [2.05, 4.69) is 26.1 Å². The third kappa shape index (κ3) is 4.70. The summed E-state index contributed by atoms with van der Waals surface area (Å²) in [5.74, 6) is 1.51. The molecule has 0 aromatic rings. The minimum absolute atomic E-state index is 0.446. The van der Waals surface area contributed by atoms with Gasteiger partial charge in [0, 0.05) is 27.8 Å². The Kier molecular flexibility index (Phi) is 7.36. The summed E-state index contributed by atoms with van der Waals surface area (Å²) in [6, 6.07) is 0.607. The van der Waals surface area contributed by atoms with Crippen LogP contribution in [-0.4, -0.2) is 27.8 Å². The summed E-state index contributed by atoms with van der Waals surface area (Å²) in [4.78, 5) is 0. The van der Waals surface area contributed by atoms with Crippen LogP contribution in [0.15, 0.2) is 0 Å². The summed E-state index contributed by atoms with van der Waals surface area (Å²) >= 11 is 0. The number of hydrogen-bond donors (Lipinski definition) is 1. The summed E-state index contributed by atoms with van der Waals surface area (Å²) in [6.07, 6.45) is 7.14. The van der Waals surface area contributed by atoms with Crippen molar-refractivity contribution in [3.63, 3.8) is 0 Å². The quantitative estimate of drug-likeness (QED) is 0.679. The molecule has 1 aliphatic carbocycles. The maximum atomic E-state index is 12.2. The third-order valence-electron chi connectivity index (χ3n) is 3.93. The molecule has 0 saturated heterocycles. The predicted molar refractivity (Wildman–Crippen MR) is 76.8 cm³/mol. The van der Waals surface area contributed by atoms with E-state index in [1.807, 2.05) is 0 Å². The van der Waals surface area contributed by atoms with E-state index < -0.39 is 10.8 Å². The average Bonchev–Trinajstić information content (AvgIpc) is 2.68. The molecule has 17 heavy (non-hydrogen) atoms. The molecule has 0 aliphatic heterocycles. The van der Waals surface area contributed by atoms with Gasteiger partial charge in [0.2, 0.25) is 0 Å². The van der Waals surface area contributed by atoms with Crippen molar-refractivity contribution in [1.82, 2.24) is 5.32 Å². The van der Waals surface area contributed by atoms with Gasteiger partial charge in [-0.1, -0.05) is 33.6 Å². The van der Waals surface area contributed by atoms with Crippen molar-refractivity contribution in [2.24, 2.45) is 5.92 Å². The first kappa shape index (κ1) is 15.2. The molecule has 3 heteroatoms. The van der Waals surface area contributed by atoms with Crippen LogP contribution in [-0.2, 0) is 10.8 Å². The van der Waals surface area contributed by atoms with E-state index in [0.717, 1.165) is 25.1 Å². The first-order valence-electron chi connectivity index (χ1n) is 7.31. The van der Waals surface area contributed by atoms with Crippen LogP contribution in [0.3, 0.4) is 0 Å². The smallest absolute Gasteiger partial charge is 0.0388 e. The summed E-state index contributed by atoms with van der Waals surface area (Å²) in [7, 11) is -0.593. The molecule has 0 bridgehead atoms. The fourth-order valence-electron chi connectivity index (χ4n) is 2.76. The van der Waals surface area contributed by atoms with Crippen LogP contribution in [0.2, 0.25) is 0 Å². The molecule has 2 nitrogen and oxygen atoms in total. The van der Waals surface area contributed by atoms with E-state index in [9.17, 15) is 4.21 Å². The fraction of sp³-hybridized carbons (Fsp3) is 1.00. The van der Waals surface area contributed by atoms with E-state index in [4.69, 9.17) is 0 Å². The molecule has 1 saturated carbocycles. The van der Waals surface area contributed by atoms with Gasteiger partial charge in [0.1, 0.15) is 0 Å². The van der Waals surface area contributed by atoms with E-state index in [1.165, 1.54) is 25.7 Å². The Hall–Kier alpha value is 0.110. The first-order chi connectivity index (χ1) is 8.20. The summed E-state index contributed by atoms with van der Waals surface area (Å²) in [5, 5.41) is 4.04. The first-order valence-corrected chi connectivity index (χ1v) is 8.69. The Morgan fingerprint density at radius 1 is 1.18 bits per heavy atom. The van der Waals surface area contributed by atoms with Crippen molar-refractivity contribution in [3.8, 4) is 0 Å². The number of hydrogen-bond acceptors (Lipinski definition) is 2. The Morgan fingerprint density at radius 2 is 1.94 bits per heavy atom.